The number of nitrogens with one attached hydrogen (secondary N) is 2. The fraction of sp³-hybridized carbons (Fsp3) is 0.318. The van der Waals surface area contributed by atoms with Crippen LogP contribution in [0.15, 0.2) is 48.5 Å². The molecule has 31 heavy (non-hydrogen) atoms. The first-order valence-corrected chi connectivity index (χ1v) is 10.2. The van der Waals surface area contributed by atoms with E-state index in [0.717, 1.165) is 16.3 Å². The summed E-state index contributed by atoms with van der Waals surface area (Å²) in [7, 11) is 0. The molecule has 4 rings (SSSR count). The number of ether oxygens (including phenoxy) is 1. The average Bonchev–Trinajstić information content (AvgIpc) is 3.18. The third kappa shape index (κ3) is 4.17. The lowest BCUT2D eigenvalue weighted by Gasteiger charge is -2.40. The van der Waals surface area contributed by atoms with E-state index < -0.39 is 24.0 Å². The van der Waals surface area contributed by atoms with Gasteiger partial charge in [0.2, 0.25) is 5.91 Å². The highest BCUT2D eigenvalue weighted by atomic mass is 16.5. The van der Waals surface area contributed by atoms with Crippen LogP contribution >= 0.6 is 0 Å². The summed E-state index contributed by atoms with van der Waals surface area (Å²) in [6, 6.07) is 15.0. The number of rotatable bonds is 6. The van der Waals surface area contributed by atoms with Crippen molar-refractivity contribution in [3.8, 4) is 5.75 Å². The van der Waals surface area contributed by atoms with Crippen LogP contribution in [0.1, 0.15) is 12.5 Å². The Morgan fingerprint density at radius 1 is 1.06 bits per heavy atom. The number of amides is 3. The monoisotopic (exact) mass is 423 g/mol. The van der Waals surface area contributed by atoms with Gasteiger partial charge in [0, 0.05) is 18.8 Å². The third-order valence-corrected chi connectivity index (χ3v) is 5.26. The van der Waals surface area contributed by atoms with Crippen molar-refractivity contribution in [3.63, 3.8) is 0 Å². The Labute approximate surface area is 180 Å². The number of hydrazine groups is 1. The number of hydrogen-bond donors (Lipinski definition) is 2. The van der Waals surface area contributed by atoms with E-state index in [4.69, 9.17) is 4.74 Å². The first-order chi connectivity index (χ1) is 15.0. The van der Waals surface area contributed by atoms with E-state index in [9.17, 15) is 14.4 Å². The van der Waals surface area contributed by atoms with Gasteiger partial charge in [-0.2, -0.15) is 5.43 Å². The SMILES string of the molecule is CCOc1ccccc1NC(=O)CN1NC2N(CCN2c2ccc(C)cc2)C(=O)C1=O. The number of hydrogen-bond acceptors (Lipinski definition) is 6. The van der Waals surface area contributed by atoms with Gasteiger partial charge < -0.3 is 15.0 Å². The van der Waals surface area contributed by atoms with E-state index in [-0.39, 0.29) is 6.54 Å². The Bertz CT molecular complexity index is 994. The lowest BCUT2D eigenvalue weighted by atomic mass is 10.2. The number of para-hydroxylation sites is 2. The zero-order chi connectivity index (χ0) is 22.0. The molecule has 2 aliphatic rings. The maximum absolute atomic E-state index is 12.6. The number of carbonyl (C=O) groups excluding carboxylic acids is 3. The molecule has 0 aromatic heterocycles. The Balaban J connectivity index is 1.47. The molecule has 2 aliphatic heterocycles. The molecule has 1 atom stereocenters. The highest BCUT2D eigenvalue weighted by Crippen LogP contribution is 2.26. The zero-order valence-corrected chi connectivity index (χ0v) is 17.5. The summed E-state index contributed by atoms with van der Waals surface area (Å²) in [5.74, 6) is -1.27. The number of anilines is 2. The van der Waals surface area contributed by atoms with Crippen LogP contribution in [0.25, 0.3) is 0 Å². The van der Waals surface area contributed by atoms with Gasteiger partial charge in [0.25, 0.3) is 0 Å². The van der Waals surface area contributed by atoms with Gasteiger partial charge in [-0.05, 0) is 38.1 Å². The van der Waals surface area contributed by atoms with Gasteiger partial charge in [-0.1, -0.05) is 29.8 Å². The van der Waals surface area contributed by atoms with Crippen molar-refractivity contribution in [2.75, 3.05) is 36.5 Å². The second kappa shape index (κ2) is 8.65. The average molecular weight is 423 g/mol. The molecule has 2 N–H and O–H groups in total. The fourth-order valence-electron chi connectivity index (χ4n) is 3.73. The zero-order valence-electron chi connectivity index (χ0n) is 17.5. The highest BCUT2D eigenvalue weighted by molar-refractivity contribution is 6.35. The van der Waals surface area contributed by atoms with Crippen LogP contribution < -0.4 is 20.4 Å². The first-order valence-electron chi connectivity index (χ1n) is 10.2. The molecule has 0 aliphatic carbocycles. The first kappa shape index (κ1) is 20.7. The van der Waals surface area contributed by atoms with Crippen molar-refractivity contribution >= 4 is 29.1 Å². The lowest BCUT2D eigenvalue weighted by Crippen LogP contribution is -2.68. The molecule has 2 aromatic rings. The van der Waals surface area contributed by atoms with Gasteiger partial charge in [0.1, 0.15) is 12.3 Å². The molecule has 2 aromatic carbocycles. The summed E-state index contributed by atoms with van der Waals surface area (Å²) in [6.07, 6.45) is -0.531. The quantitative estimate of drug-likeness (QED) is 0.681. The minimum atomic E-state index is -0.754. The summed E-state index contributed by atoms with van der Waals surface area (Å²) in [5.41, 5.74) is 5.61. The predicted octanol–water partition coefficient (Wildman–Crippen LogP) is 1.31. The molecule has 162 valence electrons. The van der Waals surface area contributed by atoms with Gasteiger partial charge in [-0.15, -0.1) is 0 Å². The van der Waals surface area contributed by atoms with E-state index in [0.29, 0.717) is 31.1 Å². The molecule has 0 saturated carbocycles. The number of nitrogens with zero attached hydrogens (tertiary/aromatic N) is 3. The molecular formula is C22H25N5O4. The van der Waals surface area contributed by atoms with Crippen molar-refractivity contribution in [1.29, 1.82) is 0 Å². The minimum absolute atomic E-state index is 0.308. The summed E-state index contributed by atoms with van der Waals surface area (Å²) in [5, 5.41) is 3.83. The normalized spacial score (nSPS) is 18.3. The topological polar surface area (TPSA) is 94.2 Å². The molecule has 9 heteroatoms. The molecule has 2 saturated heterocycles. The maximum Gasteiger partial charge on any atom is 0.326 e. The van der Waals surface area contributed by atoms with Crippen LogP contribution in [0.3, 0.4) is 0 Å². The molecule has 3 amide bonds. The summed E-state index contributed by atoms with van der Waals surface area (Å²) in [4.78, 5) is 41.3. The van der Waals surface area contributed by atoms with Crippen LogP contribution in [0.2, 0.25) is 0 Å². The van der Waals surface area contributed by atoms with Gasteiger partial charge in [0.15, 0.2) is 6.29 Å². The van der Waals surface area contributed by atoms with Gasteiger partial charge in [-0.25, -0.2) is 0 Å². The van der Waals surface area contributed by atoms with Gasteiger partial charge in [0.05, 0.1) is 12.3 Å². The van der Waals surface area contributed by atoms with E-state index in [2.05, 4.69) is 10.7 Å². The number of aryl methyl sites for hydroxylation is 1. The van der Waals surface area contributed by atoms with Crippen LogP contribution in [-0.2, 0) is 14.4 Å². The van der Waals surface area contributed by atoms with Crippen molar-refractivity contribution in [2.45, 2.75) is 20.1 Å². The largest absolute Gasteiger partial charge is 0.492 e. The fourth-order valence-corrected chi connectivity index (χ4v) is 3.73. The summed E-state index contributed by atoms with van der Waals surface area (Å²) in [6.45, 7) is 5.02. The molecule has 2 heterocycles. The Morgan fingerprint density at radius 3 is 2.52 bits per heavy atom. The molecule has 2 fully saturated rings. The van der Waals surface area contributed by atoms with Crippen molar-refractivity contribution in [3.05, 3.63) is 54.1 Å². The Kier molecular flexibility index (Phi) is 5.77. The van der Waals surface area contributed by atoms with Crippen molar-refractivity contribution in [1.82, 2.24) is 15.3 Å². The number of benzene rings is 2. The van der Waals surface area contributed by atoms with Gasteiger partial charge in [-0.3, -0.25) is 24.3 Å². The smallest absolute Gasteiger partial charge is 0.326 e. The number of carbonyl (C=O) groups is 3. The standard InChI is InChI=1S/C22H25N5O4/c1-3-31-18-7-5-4-6-17(18)23-19(28)14-27-21(30)20(29)26-13-12-25(22(26)24-27)16-10-8-15(2)9-11-16/h4-11,22,24H,3,12-14H2,1-2H3,(H,23,28). The van der Waals surface area contributed by atoms with Crippen LogP contribution in [0.5, 0.6) is 5.75 Å². The van der Waals surface area contributed by atoms with Crippen LogP contribution in [0.4, 0.5) is 11.4 Å². The van der Waals surface area contributed by atoms with Gasteiger partial charge >= 0.3 is 11.8 Å². The van der Waals surface area contributed by atoms with Crippen molar-refractivity contribution < 1.29 is 19.1 Å². The molecule has 0 bridgehead atoms. The van der Waals surface area contributed by atoms with E-state index in [1.807, 2.05) is 49.1 Å². The Morgan fingerprint density at radius 2 is 1.77 bits per heavy atom. The second-order valence-electron chi connectivity index (χ2n) is 7.40. The van der Waals surface area contributed by atoms with E-state index in [1.54, 1.807) is 18.2 Å². The number of fused-ring (bicyclic) bond motifs is 1. The van der Waals surface area contributed by atoms with Crippen molar-refractivity contribution in [2.24, 2.45) is 0 Å². The second-order valence-corrected chi connectivity index (χ2v) is 7.40. The predicted molar refractivity (Wildman–Crippen MR) is 115 cm³/mol. The summed E-state index contributed by atoms with van der Waals surface area (Å²) < 4.78 is 5.52. The highest BCUT2D eigenvalue weighted by Gasteiger charge is 2.45. The lowest BCUT2D eigenvalue weighted by molar-refractivity contribution is -0.163. The molecule has 0 spiro atoms. The van der Waals surface area contributed by atoms with Crippen LogP contribution in [-0.4, -0.2) is 60.2 Å². The van der Waals surface area contributed by atoms with E-state index in [1.165, 1.54) is 4.90 Å². The maximum atomic E-state index is 12.6. The molecular weight excluding hydrogens is 398 g/mol. The van der Waals surface area contributed by atoms with E-state index >= 15 is 0 Å². The molecule has 1 unspecified atom stereocenters. The molecule has 0 radical (unpaired) electrons. The Hall–Kier alpha value is -3.59. The summed E-state index contributed by atoms with van der Waals surface area (Å²) >= 11 is 0. The minimum Gasteiger partial charge on any atom is -0.492 e. The molecule has 9 nitrogen and oxygen atoms in total. The third-order valence-electron chi connectivity index (χ3n) is 5.26. The van der Waals surface area contributed by atoms with Crippen LogP contribution in [0, 0.1) is 6.92 Å².